The van der Waals surface area contributed by atoms with Crippen molar-refractivity contribution in [1.29, 1.82) is 0 Å². The minimum atomic E-state index is -1.27. The molecule has 4 aliphatic heterocycles. The monoisotopic (exact) mass is 767 g/mol. The lowest BCUT2D eigenvalue weighted by Crippen LogP contribution is -2.61. The number of hydrogen-bond donors (Lipinski definition) is 4. The molecule has 2 aromatic rings. The third-order valence-electron chi connectivity index (χ3n) is 12.5. The van der Waals surface area contributed by atoms with Crippen LogP contribution < -0.4 is 21.3 Å². The lowest BCUT2D eigenvalue weighted by atomic mass is 9.90. The Kier molecular flexibility index (Phi) is 10.9. The number of aryl methyl sites for hydroxylation is 1. The summed E-state index contributed by atoms with van der Waals surface area (Å²) in [6, 6.07) is 10.8. The summed E-state index contributed by atoms with van der Waals surface area (Å²) >= 11 is 0. The first-order valence-corrected chi connectivity index (χ1v) is 20.1. The maximum atomic E-state index is 15.0. The zero-order valence-electron chi connectivity index (χ0n) is 32.6. The van der Waals surface area contributed by atoms with Gasteiger partial charge in [-0.15, -0.1) is 0 Å². The maximum absolute atomic E-state index is 15.0. The fourth-order valence-electron chi connectivity index (χ4n) is 9.64. The van der Waals surface area contributed by atoms with Gasteiger partial charge in [-0.05, 0) is 81.9 Å². The molecule has 14 nitrogen and oxygen atoms in total. The standard InChI is InChI=1S/C42H53N7O7/c1-24-15-17-29(18-16-24)44-41(56)45-30(21-28-11-6-5-7-12-28)36(51)46-34-26(3)33-35(50)42(33)22-25(2)23-49(42)38(53)27(4)43-37(52)31-13-8-9-19-47(31)39(54)32-14-10-20-48(32)40(34)55/h5-7,11-12,15-18,25-27,30-34H,8-10,13-14,19-23H2,1-4H3,(H,43,52)(H,46,51)(H2,44,45,56)/t25-,26-,27+,30+,31+,32+,33+,34+,42+/m1/s1. The number of hydrogen-bond acceptors (Lipinski definition) is 7. The number of amides is 7. The third-order valence-corrected chi connectivity index (χ3v) is 12.5. The van der Waals surface area contributed by atoms with Crippen LogP contribution in [0.3, 0.4) is 0 Å². The molecule has 0 aromatic heterocycles. The molecule has 7 rings (SSSR count). The first kappa shape index (κ1) is 39.0. The summed E-state index contributed by atoms with van der Waals surface area (Å²) in [7, 11) is 0. The van der Waals surface area contributed by atoms with E-state index in [1.54, 1.807) is 35.8 Å². The predicted molar refractivity (Wildman–Crippen MR) is 207 cm³/mol. The molecule has 5 fully saturated rings. The number of fused-ring (bicyclic) bond motifs is 2. The predicted octanol–water partition coefficient (Wildman–Crippen LogP) is 2.55. The van der Waals surface area contributed by atoms with Crippen molar-refractivity contribution >= 4 is 47.0 Å². The Labute approximate surface area is 327 Å². The second kappa shape index (κ2) is 15.7. The minimum Gasteiger partial charge on any atom is -0.343 e. The van der Waals surface area contributed by atoms with Crippen LogP contribution in [0.4, 0.5) is 10.5 Å². The van der Waals surface area contributed by atoms with Crippen molar-refractivity contribution in [3.8, 4) is 0 Å². The average molecular weight is 768 g/mol. The fraction of sp³-hybridized carbons (Fsp3) is 0.548. The van der Waals surface area contributed by atoms with Gasteiger partial charge >= 0.3 is 6.03 Å². The van der Waals surface area contributed by atoms with Crippen molar-refractivity contribution in [2.24, 2.45) is 17.8 Å². The van der Waals surface area contributed by atoms with E-state index >= 15 is 0 Å². The Morgan fingerprint density at radius 3 is 2.25 bits per heavy atom. The van der Waals surface area contributed by atoms with E-state index in [1.165, 1.54) is 4.90 Å². The summed E-state index contributed by atoms with van der Waals surface area (Å²) < 4.78 is 0. The first-order chi connectivity index (χ1) is 26.8. The molecule has 1 saturated carbocycles. The van der Waals surface area contributed by atoms with Gasteiger partial charge in [-0.2, -0.15) is 0 Å². The molecule has 0 bridgehead atoms. The van der Waals surface area contributed by atoms with Gasteiger partial charge in [-0.1, -0.05) is 61.9 Å². The average Bonchev–Trinajstić information content (AvgIpc) is 3.47. The Bertz CT molecular complexity index is 1890. The highest BCUT2D eigenvalue weighted by Crippen LogP contribution is 2.57. The number of nitrogens with zero attached hydrogens (tertiary/aromatic N) is 3. The number of anilines is 1. The largest absolute Gasteiger partial charge is 0.343 e. The number of piperidine rings is 1. The van der Waals surface area contributed by atoms with E-state index in [2.05, 4.69) is 21.3 Å². The van der Waals surface area contributed by atoms with Crippen molar-refractivity contribution in [2.75, 3.05) is 25.0 Å². The van der Waals surface area contributed by atoms with Gasteiger partial charge in [0.1, 0.15) is 35.7 Å². The molecule has 14 heteroatoms. The second-order valence-corrected chi connectivity index (χ2v) is 16.5. The zero-order chi connectivity index (χ0) is 39.9. The summed E-state index contributed by atoms with van der Waals surface area (Å²) in [5.41, 5.74) is 1.13. The van der Waals surface area contributed by atoms with E-state index in [-0.39, 0.29) is 30.6 Å². The number of nitrogens with one attached hydrogen (secondary N) is 4. The van der Waals surface area contributed by atoms with Crippen LogP contribution in [0, 0.1) is 24.7 Å². The highest BCUT2D eigenvalue weighted by Gasteiger charge is 2.74. The number of Topliss-reactive ketones (excluding diaryl/α,β-unsaturated/α-hetero) is 1. The van der Waals surface area contributed by atoms with Gasteiger partial charge in [0.15, 0.2) is 5.78 Å². The molecule has 1 spiro atoms. The zero-order valence-corrected chi connectivity index (χ0v) is 32.6. The van der Waals surface area contributed by atoms with Crippen LogP contribution in [0.15, 0.2) is 54.6 Å². The molecule has 5 aliphatic rings. The number of urea groups is 1. The SMILES string of the molecule is Cc1ccc(NC(=O)N[C@@H](Cc2ccccc2)C(=O)N[C@@H]2C(=O)N3CCC[C@H]3C(=O)N3CCCC[C@H]3C(=O)N[C@@H](C)C(=O)N3C[C@H](C)C[C@]34C(=O)[C@@H]4[C@H]2C)cc1. The molecule has 9 atom stereocenters. The Morgan fingerprint density at radius 1 is 0.839 bits per heavy atom. The van der Waals surface area contributed by atoms with E-state index in [0.29, 0.717) is 50.9 Å². The number of rotatable bonds is 6. The van der Waals surface area contributed by atoms with Gasteiger partial charge in [0.2, 0.25) is 29.5 Å². The fourth-order valence-corrected chi connectivity index (χ4v) is 9.64. The van der Waals surface area contributed by atoms with Crippen molar-refractivity contribution < 1.29 is 33.6 Å². The van der Waals surface area contributed by atoms with Gasteiger partial charge < -0.3 is 36.0 Å². The van der Waals surface area contributed by atoms with E-state index in [9.17, 15) is 33.6 Å². The summed E-state index contributed by atoms with van der Waals surface area (Å²) in [6.45, 7) is 8.15. The molecule has 2 aromatic carbocycles. The Balaban J connectivity index is 1.24. The van der Waals surface area contributed by atoms with Crippen molar-refractivity contribution in [3.63, 3.8) is 0 Å². The molecule has 56 heavy (non-hydrogen) atoms. The van der Waals surface area contributed by atoms with Crippen LogP contribution in [-0.2, 0) is 35.2 Å². The number of ketones is 1. The van der Waals surface area contributed by atoms with Crippen LogP contribution in [0.25, 0.3) is 0 Å². The Morgan fingerprint density at radius 2 is 1.52 bits per heavy atom. The summed E-state index contributed by atoms with van der Waals surface area (Å²) in [4.78, 5) is 104. The molecular weight excluding hydrogens is 715 g/mol. The smallest absolute Gasteiger partial charge is 0.319 e. The molecule has 1 aliphatic carbocycles. The normalized spacial score (nSPS) is 31.2. The van der Waals surface area contributed by atoms with Gasteiger partial charge in [0, 0.05) is 31.7 Å². The lowest BCUT2D eigenvalue weighted by molar-refractivity contribution is -0.151. The molecule has 4 saturated heterocycles. The lowest BCUT2D eigenvalue weighted by Gasteiger charge is -2.39. The molecular formula is C42H53N7O7. The van der Waals surface area contributed by atoms with Crippen LogP contribution in [0.1, 0.15) is 70.4 Å². The molecule has 0 unspecified atom stereocenters. The van der Waals surface area contributed by atoms with E-state index in [4.69, 9.17) is 0 Å². The topological polar surface area (TPSA) is 177 Å². The van der Waals surface area contributed by atoms with Crippen LogP contribution in [0.5, 0.6) is 0 Å². The summed E-state index contributed by atoms with van der Waals surface area (Å²) in [6.07, 6.45) is 3.28. The quantitative estimate of drug-likeness (QED) is 0.349. The van der Waals surface area contributed by atoms with Gasteiger partial charge in [0.05, 0.1) is 5.92 Å². The van der Waals surface area contributed by atoms with E-state index < -0.39 is 77.2 Å². The van der Waals surface area contributed by atoms with E-state index in [1.807, 2.05) is 56.3 Å². The van der Waals surface area contributed by atoms with Crippen molar-refractivity contribution in [2.45, 2.75) is 108 Å². The van der Waals surface area contributed by atoms with Crippen LogP contribution in [-0.4, -0.2) is 111 Å². The highest BCUT2D eigenvalue weighted by atomic mass is 16.2. The van der Waals surface area contributed by atoms with Gasteiger partial charge in [0.25, 0.3) is 0 Å². The molecule has 7 amide bonds. The highest BCUT2D eigenvalue weighted by molar-refractivity contribution is 6.12. The molecule has 0 radical (unpaired) electrons. The number of carbonyl (C=O) groups excluding carboxylic acids is 7. The van der Waals surface area contributed by atoms with Crippen molar-refractivity contribution in [3.05, 3.63) is 65.7 Å². The third kappa shape index (κ3) is 7.37. The van der Waals surface area contributed by atoms with Crippen LogP contribution >= 0.6 is 0 Å². The summed E-state index contributed by atoms with van der Waals surface area (Å²) in [5.74, 6) is -4.08. The number of benzene rings is 2. The molecule has 298 valence electrons. The number of carbonyl (C=O) groups is 7. The van der Waals surface area contributed by atoms with Crippen molar-refractivity contribution in [1.82, 2.24) is 30.7 Å². The molecule has 4 heterocycles. The maximum Gasteiger partial charge on any atom is 0.319 e. The van der Waals surface area contributed by atoms with E-state index in [0.717, 1.165) is 17.5 Å². The van der Waals surface area contributed by atoms with Gasteiger partial charge in [-0.3, -0.25) is 28.8 Å². The molecule has 4 N–H and O–H groups in total. The second-order valence-electron chi connectivity index (χ2n) is 16.5. The Hall–Kier alpha value is -5.27. The van der Waals surface area contributed by atoms with Crippen LogP contribution in [0.2, 0.25) is 0 Å². The summed E-state index contributed by atoms with van der Waals surface area (Å²) in [5, 5.41) is 11.4. The first-order valence-electron chi connectivity index (χ1n) is 20.1. The minimum absolute atomic E-state index is 0.0217. The van der Waals surface area contributed by atoms with Gasteiger partial charge in [-0.25, -0.2) is 4.79 Å².